The lowest BCUT2D eigenvalue weighted by Gasteiger charge is -2.26. The second-order valence-electron chi connectivity index (χ2n) is 6.09. The number of benzene rings is 1. The zero-order chi connectivity index (χ0) is 16.1. The van der Waals surface area contributed by atoms with Crippen molar-refractivity contribution in [1.29, 1.82) is 0 Å². The first-order chi connectivity index (χ1) is 9.70. The third-order valence-electron chi connectivity index (χ3n) is 3.39. The Kier molecular flexibility index (Phi) is 6.50. The third kappa shape index (κ3) is 5.16. The molecule has 0 fully saturated rings. The summed E-state index contributed by atoms with van der Waals surface area (Å²) >= 11 is 5.74. The van der Waals surface area contributed by atoms with Crippen LogP contribution in [0.25, 0.3) is 0 Å². The fourth-order valence-corrected chi connectivity index (χ4v) is 3.20. The number of sulfonamides is 1. The number of alkyl halides is 1. The van der Waals surface area contributed by atoms with E-state index < -0.39 is 10.0 Å². The van der Waals surface area contributed by atoms with Crippen LogP contribution >= 0.6 is 11.6 Å². The maximum absolute atomic E-state index is 12.3. The summed E-state index contributed by atoms with van der Waals surface area (Å²) in [5, 5.41) is 3.27. The number of nitrogens with one attached hydrogen (secondary N) is 1. The molecular formula is C15H25ClN2O2S. The van der Waals surface area contributed by atoms with E-state index in [0.29, 0.717) is 23.0 Å². The summed E-state index contributed by atoms with van der Waals surface area (Å²) in [5.41, 5.74) is 0.703. The molecule has 0 heterocycles. The molecule has 1 aromatic carbocycles. The van der Waals surface area contributed by atoms with Crippen LogP contribution in [0.15, 0.2) is 29.2 Å². The predicted octanol–water partition coefficient (Wildman–Crippen LogP) is 3.39. The van der Waals surface area contributed by atoms with Crippen LogP contribution in [-0.2, 0) is 10.0 Å². The average molecular weight is 333 g/mol. The van der Waals surface area contributed by atoms with Crippen molar-refractivity contribution >= 4 is 27.3 Å². The summed E-state index contributed by atoms with van der Waals surface area (Å²) in [6.07, 6.45) is 1.94. The Morgan fingerprint density at radius 3 is 2.43 bits per heavy atom. The third-order valence-corrected chi connectivity index (χ3v) is 5.53. The minimum atomic E-state index is -3.44. The van der Waals surface area contributed by atoms with Crippen molar-refractivity contribution in [3.05, 3.63) is 24.3 Å². The van der Waals surface area contributed by atoms with Gasteiger partial charge >= 0.3 is 0 Å². The highest BCUT2D eigenvalue weighted by molar-refractivity contribution is 7.89. The largest absolute Gasteiger partial charge is 0.383 e. The number of para-hydroxylation sites is 1. The summed E-state index contributed by atoms with van der Waals surface area (Å²) in [4.78, 5) is 0.308. The fourth-order valence-electron chi connectivity index (χ4n) is 2.00. The van der Waals surface area contributed by atoms with Gasteiger partial charge < -0.3 is 5.32 Å². The average Bonchev–Trinajstić information content (AvgIpc) is 2.43. The van der Waals surface area contributed by atoms with Crippen molar-refractivity contribution in [2.45, 2.75) is 31.6 Å². The fraction of sp³-hybridized carbons (Fsp3) is 0.600. The Labute approximate surface area is 133 Å². The number of rotatable bonds is 8. The summed E-state index contributed by atoms with van der Waals surface area (Å²) < 4.78 is 25.9. The first kappa shape index (κ1) is 18.3. The van der Waals surface area contributed by atoms with Gasteiger partial charge in [0, 0.05) is 26.5 Å². The first-order valence-electron chi connectivity index (χ1n) is 7.02. The van der Waals surface area contributed by atoms with Crippen LogP contribution < -0.4 is 5.32 Å². The van der Waals surface area contributed by atoms with Gasteiger partial charge in [0.05, 0.1) is 5.69 Å². The van der Waals surface area contributed by atoms with Crippen molar-refractivity contribution in [2.24, 2.45) is 5.41 Å². The van der Waals surface area contributed by atoms with Gasteiger partial charge in [-0.25, -0.2) is 12.7 Å². The van der Waals surface area contributed by atoms with Gasteiger partial charge in [-0.15, -0.1) is 11.6 Å². The number of anilines is 1. The van der Waals surface area contributed by atoms with Crippen LogP contribution in [0.2, 0.25) is 0 Å². The van der Waals surface area contributed by atoms with Crippen molar-refractivity contribution < 1.29 is 8.42 Å². The molecule has 1 N–H and O–H groups in total. The van der Waals surface area contributed by atoms with E-state index in [1.807, 2.05) is 6.07 Å². The van der Waals surface area contributed by atoms with Gasteiger partial charge in [-0.3, -0.25) is 0 Å². The number of nitrogens with zero attached hydrogens (tertiary/aromatic N) is 1. The molecule has 0 aliphatic carbocycles. The van der Waals surface area contributed by atoms with Crippen molar-refractivity contribution in [3.63, 3.8) is 0 Å². The Morgan fingerprint density at radius 2 is 1.86 bits per heavy atom. The van der Waals surface area contributed by atoms with Gasteiger partial charge in [0.1, 0.15) is 4.90 Å². The van der Waals surface area contributed by atoms with Gasteiger partial charge in [-0.05, 0) is 30.4 Å². The number of halogens is 1. The monoisotopic (exact) mass is 332 g/mol. The normalized spacial score (nSPS) is 12.7. The van der Waals surface area contributed by atoms with Crippen LogP contribution in [-0.4, -0.2) is 39.2 Å². The van der Waals surface area contributed by atoms with Crippen LogP contribution in [0, 0.1) is 5.41 Å². The molecule has 0 aromatic heterocycles. The molecule has 0 spiro atoms. The van der Waals surface area contributed by atoms with Crippen LogP contribution in [0.5, 0.6) is 0 Å². The SMILES string of the molecule is CN(C)S(=O)(=O)c1ccccc1NCC(C)(C)CCCCl. The molecule has 0 atom stereocenters. The minimum absolute atomic E-state index is 0.0594. The highest BCUT2D eigenvalue weighted by atomic mass is 35.5. The molecule has 21 heavy (non-hydrogen) atoms. The molecule has 0 aliphatic rings. The molecule has 0 aliphatic heterocycles. The molecule has 0 saturated carbocycles. The van der Waals surface area contributed by atoms with E-state index in [9.17, 15) is 8.42 Å². The highest BCUT2D eigenvalue weighted by Crippen LogP contribution is 2.27. The molecule has 120 valence electrons. The zero-order valence-corrected chi connectivity index (χ0v) is 14.8. The standard InChI is InChI=1S/C15H25ClN2O2S/c1-15(2,10-7-11-16)12-17-13-8-5-6-9-14(13)21(19,20)18(3)4/h5-6,8-9,17H,7,10-12H2,1-4H3. The van der Waals surface area contributed by atoms with Gasteiger partial charge in [-0.2, -0.15) is 0 Å². The summed E-state index contributed by atoms with van der Waals surface area (Å²) in [6, 6.07) is 7.00. The number of hydrogen-bond donors (Lipinski definition) is 1. The van der Waals surface area contributed by atoms with Gasteiger partial charge in [-0.1, -0.05) is 26.0 Å². The van der Waals surface area contributed by atoms with Crippen molar-refractivity contribution in [3.8, 4) is 0 Å². The first-order valence-corrected chi connectivity index (χ1v) is 8.99. The summed E-state index contributed by atoms with van der Waals surface area (Å²) in [6.45, 7) is 5.00. The van der Waals surface area contributed by atoms with Gasteiger partial charge in [0.2, 0.25) is 10.0 Å². The molecular weight excluding hydrogens is 308 g/mol. The lowest BCUT2D eigenvalue weighted by Crippen LogP contribution is -2.26. The van der Waals surface area contributed by atoms with Crippen molar-refractivity contribution in [1.82, 2.24) is 4.31 Å². The quantitative estimate of drug-likeness (QED) is 0.742. The lowest BCUT2D eigenvalue weighted by molar-refractivity contribution is 0.355. The lowest BCUT2D eigenvalue weighted by atomic mass is 9.88. The maximum Gasteiger partial charge on any atom is 0.244 e. The smallest absolute Gasteiger partial charge is 0.244 e. The Balaban J connectivity index is 2.91. The molecule has 0 saturated heterocycles. The van der Waals surface area contributed by atoms with Gasteiger partial charge in [0.25, 0.3) is 0 Å². The van der Waals surface area contributed by atoms with Crippen LogP contribution in [0.4, 0.5) is 5.69 Å². The molecule has 0 amide bonds. The summed E-state index contributed by atoms with van der Waals surface area (Å²) in [7, 11) is -0.366. The van der Waals surface area contributed by atoms with Crippen LogP contribution in [0.1, 0.15) is 26.7 Å². The molecule has 0 unspecified atom stereocenters. The second-order valence-corrected chi connectivity index (χ2v) is 8.59. The highest BCUT2D eigenvalue weighted by Gasteiger charge is 2.22. The second kappa shape index (κ2) is 7.47. The zero-order valence-electron chi connectivity index (χ0n) is 13.2. The molecule has 0 radical (unpaired) electrons. The summed E-state index contributed by atoms with van der Waals surface area (Å²) in [5.74, 6) is 0.648. The Morgan fingerprint density at radius 1 is 1.24 bits per heavy atom. The van der Waals surface area contributed by atoms with E-state index in [1.165, 1.54) is 18.4 Å². The van der Waals surface area contributed by atoms with Crippen LogP contribution in [0.3, 0.4) is 0 Å². The Bertz CT molecular complexity index is 557. The van der Waals surface area contributed by atoms with E-state index in [4.69, 9.17) is 11.6 Å². The molecule has 6 heteroatoms. The minimum Gasteiger partial charge on any atom is -0.383 e. The van der Waals surface area contributed by atoms with E-state index in [-0.39, 0.29) is 5.41 Å². The predicted molar refractivity (Wildman–Crippen MR) is 89.5 cm³/mol. The van der Waals surface area contributed by atoms with E-state index in [0.717, 1.165) is 12.8 Å². The topological polar surface area (TPSA) is 49.4 Å². The van der Waals surface area contributed by atoms with E-state index >= 15 is 0 Å². The molecule has 1 rings (SSSR count). The van der Waals surface area contributed by atoms with Gasteiger partial charge in [0.15, 0.2) is 0 Å². The maximum atomic E-state index is 12.3. The Hall–Kier alpha value is -0.780. The van der Waals surface area contributed by atoms with E-state index in [1.54, 1.807) is 18.2 Å². The van der Waals surface area contributed by atoms with Crippen molar-refractivity contribution in [2.75, 3.05) is 31.8 Å². The number of hydrogen-bond acceptors (Lipinski definition) is 3. The molecule has 4 nitrogen and oxygen atoms in total. The molecule has 0 bridgehead atoms. The molecule has 1 aromatic rings. The van der Waals surface area contributed by atoms with E-state index in [2.05, 4.69) is 19.2 Å².